The fourth-order valence-corrected chi connectivity index (χ4v) is 2.91. The Bertz CT molecular complexity index is 754. The fraction of sp³-hybridized carbons (Fsp3) is 0.333. The number of anilines is 1. The van der Waals surface area contributed by atoms with Crippen LogP contribution in [0.15, 0.2) is 23.4 Å². The lowest BCUT2D eigenvalue weighted by molar-refractivity contribution is 0.402. The molecule has 0 spiro atoms. The number of benzene rings is 1. The maximum atomic E-state index is 12.3. The Morgan fingerprint density at radius 1 is 1.43 bits per heavy atom. The molecule has 1 aromatic carbocycles. The minimum atomic E-state index is -3.78. The summed E-state index contributed by atoms with van der Waals surface area (Å²) < 4.78 is 33.7. The Morgan fingerprint density at radius 3 is 2.71 bits per heavy atom. The average molecular weight is 311 g/mol. The van der Waals surface area contributed by atoms with Crippen molar-refractivity contribution in [1.82, 2.24) is 19.5 Å². The number of aryl methyl sites for hydroxylation is 2. The number of nitrogen functional groups attached to an aromatic ring is 1. The van der Waals surface area contributed by atoms with Crippen molar-refractivity contribution in [3.05, 3.63) is 29.8 Å². The van der Waals surface area contributed by atoms with E-state index in [1.54, 1.807) is 20.0 Å². The quantitative estimate of drug-likeness (QED) is 0.762. The molecule has 0 atom stereocenters. The molecule has 8 nitrogen and oxygen atoms in total. The van der Waals surface area contributed by atoms with Crippen molar-refractivity contribution in [3.8, 4) is 5.75 Å². The molecule has 3 N–H and O–H groups in total. The molecule has 0 saturated carbocycles. The summed E-state index contributed by atoms with van der Waals surface area (Å²) in [5, 5.41) is 4.00. The van der Waals surface area contributed by atoms with Crippen molar-refractivity contribution in [2.75, 3.05) is 12.8 Å². The Balaban J connectivity index is 2.28. The third-order valence-electron chi connectivity index (χ3n) is 2.91. The molecule has 0 aliphatic carbocycles. The van der Waals surface area contributed by atoms with E-state index < -0.39 is 10.0 Å². The molecule has 1 heterocycles. The standard InChI is InChI=1S/C12H17N5O3S/c1-8-4-10(20-3)11(5-9(8)13)21(18,19)15-6-12-14-7-17(2)16-12/h4-5,7,15H,6,13H2,1-3H3. The second-order valence-electron chi connectivity index (χ2n) is 4.52. The second-order valence-corrected chi connectivity index (χ2v) is 6.25. The van der Waals surface area contributed by atoms with Crippen molar-refractivity contribution in [1.29, 1.82) is 0 Å². The van der Waals surface area contributed by atoms with Gasteiger partial charge in [0, 0.05) is 12.7 Å². The fourth-order valence-electron chi connectivity index (χ4n) is 1.75. The summed E-state index contributed by atoms with van der Waals surface area (Å²) in [6.45, 7) is 1.76. The normalized spacial score (nSPS) is 11.6. The lowest BCUT2D eigenvalue weighted by Crippen LogP contribution is -2.24. The van der Waals surface area contributed by atoms with Gasteiger partial charge in [0.1, 0.15) is 17.0 Å². The van der Waals surface area contributed by atoms with E-state index in [0.29, 0.717) is 11.5 Å². The largest absolute Gasteiger partial charge is 0.495 e. The molecule has 0 aliphatic rings. The molecule has 2 aromatic rings. The number of ether oxygens (including phenoxy) is 1. The van der Waals surface area contributed by atoms with Crippen LogP contribution in [0.1, 0.15) is 11.4 Å². The predicted molar refractivity (Wildman–Crippen MR) is 77.2 cm³/mol. The first-order valence-corrected chi connectivity index (χ1v) is 7.60. The molecule has 9 heteroatoms. The number of rotatable bonds is 5. The molecular formula is C12H17N5O3S. The van der Waals surface area contributed by atoms with Gasteiger partial charge in [-0.25, -0.2) is 18.1 Å². The molecule has 0 saturated heterocycles. The number of nitrogens with one attached hydrogen (secondary N) is 1. The zero-order valence-corrected chi connectivity index (χ0v) is 12.8. The lowest BCUT2D eigenvalue weighted by atomic mass is 10.2. The van der Waals surface area contributed by atoms with Crippen molar-refractivity contribution < 1.29 is 13.2 Å². The van der Waals surface area contributed by atoms with Crippen LogP contribution in [0.3, 0.4) is 0 Å². The topological polar surface area (TPSA) is 112 Å². The Kier molecular flexibility index (Phi) is 4.14. The molecule has 1 aromatic heterocycles. The summed E-state index contributed by atoms with van der Waals surface area (Å²) in [6.07, 6.45) is 1.49. The highest BCUT2D eigenvalue weighted by Gasteiger charge is 2.21. The summed E-state index contributed by atoms with van der Waals surface area (Å²) in [5.41, 5.74) is 6.90. The number of nitrogens with two attached hydrogens (primary N) is 1. The van der Waals surface area contributed by atoms with E-state index in [-0.39, 0.29) is 17.2 Å². The maximum Gasteiger partial charge on any atom is 0.244 e. The zero-order chi connectivity index (χ0) is 15.6. The number of hydrogen-bond acceptors (Lipinski definition) is 6. The highest BCUT2D eigenvalue weighted by molar-refractivity contribution is 7.89. The minimum absolute atomic E-state index is 0.0102. The van der Waals surface area contributed by atoms with Crippen LogP contribution >= 0.6 is 0 Å². The van der Waals surface area contributed by atoms with E-state index in [9.17, 15) is 8.42 Å². The van der Waals surface area contributed by atoms with Gasteiger partial charge in [0.05, 0.1) is 13.7 Å². The van der Waals surface area contributed by atoms with Gasteiger partial charge in [0.25, 0.3) is 0 Å². The van der Waals surface area contributed by atoms with Gasteiger partial charge in [0.2, 0.25) is 10.0 Å². The number of hydrogen-bond donors (Lipinski definition) is 2. The van der Waals surface area contributed by atoms with E-state index in [4.69, 9.17) is 10.5 Å². The molecule has 21 heavy (non-hydrogen) atoms. The number of nitrogens with zero attached hydrogens (tertiary/aromatic N) is 3. The smallest absolute Gasteiger partial charge is 0.244 e. The van der Waals surface area contributed by atoms with E-state index in [2.05, 4.69) is 14.8 Å². The summed E-state index contributed by atoms with van der Waals surface area (Å²) >= 11 is 0. The summed E-state index contributed by atoms with van der Waals surface area (Å²) in [4.78, 5) is 3.95. The highest BCUT2D eigenvalue weighted by atomic mass is 32.2. The molecule has 0 bridgehead atoms. The highest BCUT2D eigenvalue weighted by Crippen LogP contribution is 2.28. The number of aromatic nitrogens is 3. The number of sulfonamides is 1. The van der Waals surface area contributed by atoms with Crippen LogP contribution in [-0.2, 0) is 23.6 Å². The molecule has 0 amide bonds. The van der Waals surface area contributed by atoms with E-state index >= 15 is 0 Å². The predicted octanol–water partition coefficient (Wildman–Crippen LogP) is 0.193. The third-order valence-corrected chi connectivity index (χ3v) is 4.33. The lowest BCUT2D eigenvalue weighted by Gasteiger charge is -2.12. The van der Waals surface area contributed by atoms with Crippen LogP contribution in [0.5, 0.6) is 5.75 Å². The Labute approximate surface area is 123 Å². The first-order valence-electron chi connectivity index (χ1n) is 6.12. The molecule has 114 valence electrons. The van der Waals surface area contributed by atoms with Crippen LogP contribution in [0, 0.1) is 6.92 Å². The van der Waals surface area contributed by atoms with Gasteiger partial charge in [-0.05, 0) is 24.6 Å². The van der Waals surface area contributed by atoms with Gasteiger partial charge in [0.15, 0.2) is 5.82 Å². The average Bonchev–Trinajstić information content (AvgIpc) is 2.85. The molecule has 0 unspecified atom stereocenters. The van der Waals surface area contributed by atoms with E-state index in [1.807, 2.05) is 0 Å². The zero-order valence-electron chi connectivity index (χ0n) is 12.0. The molecular weight excluding hydrogens is 294 g/mol. The maximum absolute atomic E-state index is 12.3. The van der Waals surface area contributed by atoms with Gasteiger partial charge in [-0.15, -0.1) is 0 Å². The van der Waals surface area contributed by atoms with Gasteiger partial charge < -0.3 is 10.5 Å². The monoisotopic (exact) mass is 311 g/mol. The summed E-state index contributed by atoms with van der Waals surface area (Å²) in [7, 11) is -0.665. The SMILES string of the molecule is COc1cc(C)c(N)cc1S(=O)(=O)NCc1ncn(C)n1. The van der Waals surface area contributed by atoms with Crippen LogP contribution in [0.25, 0.3) is 0 Å². The summed E-state index contributed by atoms with van der Waals surface area (Å²) in [6, 6.07) is 2.96. The Morgan fingerprint density at radius 2 is 2.14 bits per heavy atom. The van der Waals surface area contributed by atoms with Gasteiger partial charge in [-0.2, -0.15) is 5.10 Å². The third kappa shape index (κ3) is 3.31. The molecule has 2 rings (SSSR count). The molecule has 0 radical (unpaired) electrons. The van der Waals surface area contributed by atoms with Crippen LogP contribution in [0.4, 0.5) is 5.69 Å². The number of methoxy groups -OCH3 is 1. The van der Waals surface area contributed by atoms with Crippen molar-refractivity contribution in [2.24, 2.45) is 7.05 Å². The van der Waals surface area contributed by atoms with Gasteiger partial charge in [-0.3, -0.25) is 4.68 Å². The van der Waals surface area contributed by atoms with Crippen LogP contribution < -0.4 is 15.2 Å². The Hall–Kier alpha value is -2.13. The van der Waals surface area contributed by atoms with Crippen molar-refractivity contribution in [3.63, 3.8) is 0 Å². The minimum Gasteiger partial charge on any atom is -0.495 e. The first kappa shape index (κ1) is 15.3. The van der Waals surface area contributed by atoms with Crippen molar-refractivity contribution >= 4 is 15.7 Å². The van der Waals surface area contributed by atoms with Gasteiger partial charge in [-0.1, -0.05) is 0 Å². The molecule has 0 fully saturated rings. The second kappa shape index (κ2) is 5.70. The van der Waals surface area contributed by atoms with Crippen molar-refractivity contribution in [2.45, 2.75) is 18.4 Å². The van der Waals surface area contributed by atoms with Crippen LogP contribution in [-0.4, -0.2) is 30.3 Å². The van der Waals surface area contributed by atoms with Crippen LogP contribution in [0.2, 0.25) is 0 Å². The van der Waals surface area contributed by atoms with E-state index in [1.165, 1.54) is 24.2 Å². The summed E-state index contributed by atoms with van der Waals surface area (Å²) in [5.74, 6) is 0.614. The van der Waals surface area contributed by atoms with Gasteiger partial charge >= 0.3 is 0 Å². The molecule has 0 aliphatic heterocycles. The van der Waals surface area contributed by atoms with E-state index in [0.717, 1.165) is 5.56 Å². The first-order chi connectivity index (χ1) is 9.83.